The number of nitrogens with zero attached hydrogens (tertiary/aromatic N) is 2. The van der Waals surface area contributed by atoms with Crippen LogP contribution in [0.3, 0.4) is 0 Å². The second-order valence-corrected chi connectivity index (χ2v) is 6.05. The molecule has 0 atom stereocenters. The number of amides is 2. The van der Waals surface area contributed by atoms with Crippen molar-refractivity contribution >= 4 is 33.8 Å². The summed E-state index contributed by atoms with van der Waals surface area (Å²) in [5.41, 5.74) is 0. The van der Waals surface area contributed by atoms with E-state index in [1.165, 1.54) is 22.0 Å². The first-order valence-corrected chi connectivity index (χ1v) is 8.84. The van der Waals surface area contributed by atoms with Crippen molar-refractivity contribution in [2.45, 2.75) is 39.5 Å². The standard InChI is InChI=1S/C12H24N2O4S2/c1-3-13(11(17)7-5-9-15)19-20-14(4-2)12(18)8-6-10-16/h15-16H,3-10H2,1-2H3. The van der Waals surface area contributed by atoms with Gasteiger partial charge in [0.1, 0.15) is 0 Å². The van der Waals surface area contributed by atoms with Crippen molar-refractivity contribution in [2.24, 2.45) is 0 Å². The minimum atomic E-state index is -0.0436. The van der Waals surface area contributed by atoms with E-state index in [2.05, 4.69) is 0 Å². The van der Waals surface area contributed by atoms with E-state index in [1.54, 1.807) is 8.61 Å². The molecular weight excluding hydrogens is 300 g/mol. The number of aliphatic hydroxyl groups is 2. The van der Waals surface area contributed by atoms with Crippen molar-refractivity contribution in [3.05, 3.63) is 0 Å². The predicted molar refractivity (Wildman–Crippen MR) is 82.6 cm³/mol. The minimum Gasteiger partial charge on any atom is -0.396 e. The van der Waals surface area contributed by atoms with Crippen LogP contribution >= 0.6 is 22.0 Å². The van der Waals surface area contributed by atoms with Crippen LogP contribution in [-0.2, 0) is 9.59 Å². The molecule has 2 amide bonds. The summed E-state index contributed by atoms with van der Waals surface area (Å²) in [7, 11) is 2.47. The van der Waals surface area contributed by atoms with Crippen LogP contribution in [-0.4, -0.2) is 56.9 Å². The minimum absolute atomic E-state index is 0.00182. The zero-order valence-electron chi connectivity index (χ0n) is 12.1. The van der Waals surface area contributed by atoms with Gasteiger partial charge in [0.25, 0.3) is 0 Å². The number of carbonyl (C=O) groups is 2. The third kappa shape index (κ3) is 7.98. The van der Waals surface area contributed by atoms with Gasteiger partial charge in [-0.1, -0.05) is 0 Å². The second-order valence-electron chi connectivity index (χ2n) is 3.98. The van der Waals surface area contributed by atoms with Gasteiger partial charge in [0, 0.05) is 61.1 Å². The maximum absolute atomic E-state index is 11.8. The fourth-order valence-electron chi connectivity index (χ4n) is 1.33. The highest BCUT2D eigenvalue weighted by atomic mass is 33.1. The lowest BCUT2D eigenvalue weighted by Gasteiger charge is -2.23. The molecule has 0 saturated carbocycles. The van der Waals surface area contributed by atoms with Gasteiger partial charge in [-0.3, -0.25) is 18.2 Å². The van der Waals surface area contributed by atoms with Crippen LogP contribution in [0.5, 0.6) is 0 Å². The summed E-state index contributed by atoms with van der Waals surface area (Å²) in [4.78, 5) is 23.6. The molecule has 0 fully saturated rings. The molecular formula is C12H24N2O4S2. The SMILES string of the molecule is CCN(SSN(CC)C(=O)CCCO)C(=O)CCCO. The lowest BCUT2D eigenvalue weighted by Crippen LogP contribution is -2.27. The molecule has 0 aromatic heterocycles. The zero-order chi connectivity index (χ0) is 15.4. The van der Waals surface area contributed by atoms with E-state index in [9.17, 15) is 9.59 Å². The molecule has 20 heavy (non-hydrogen) atoms. The van der Waals surface area contributed by atoms with Gasteiger partial charge in [-0.25, -0.2) is 0 Å². The third-order valence-corrected chi connectivity index (χ3v) is 5.07. The van der Waals surface area contributed by atoms with Gasteiger partial charge in [-0.2, -0.15) is 0 Å². The summed E-state index contributed by atoms with van der Waals surface area (Å²) < 4.78 is 3.17. The molecule has 0 rings (SSSR count). The maximum Gasteiger partial charge on any atom is 0.233 e. The highest BCUT2D eigenvalue weighted by molar-refractivity contribution is 8.75. The Balaban J connectivity index is 4.23. The molecule has 0 aliphatic heterocycles. The van der Waals surface area contributed by atoms with Crippen molar-refractivity contribution in [2.75, 3.05) is 26.3 Å². The lowest BCUT2D eigenvalue weighted by molar-refractivity contribution is -0.127. The average Bonchev–Trinajstić information content (AvgIpc) is 2.46. The predicted octanol–water partition coefficient (Wildman–Crippen LogP) is 1.44. The van der Waals surface area contributed by atoms with E-state index in [1.807, 2.05) is 13.8 Å². The molecule has 0 heterocycles. The molecule has 0 unspecified atom stereocenters. The van der Waals surface area contributed by atoms with Gasteiger partial charge in [-0.05, 0) is 26.7 Å². The van der Waals surface area contributed by atoms with Crippen molar-refractivity contribution in [3.63, 3.8) is 0 Å². The second kappa shape index (κ2) is 12.3. The number of carbonyl (C=O) groups excluding carboxylic acids is 2. The molecule has 2 N–H and O–H groups in total. The Morgan fingerprint density at radius 3 is 1.45 bits per heavy atom. The maximum atomic E-state index is 11.8. The highest BCUT2D eigenvalue weighted by Gasteiger charge is 2.17. The van der Waals surface area contributed by atoms with Crippen LogP contribution in [0.1, 0.15) is 39.5 Å². The number of rotatable bonds is 11. The van der Waals surface area contributed by atoms with Crippen LogP contribution in [0.2, 0.25) is 0 Å². The Morgan fingerprint density at radius 1 is 0.850 bits per heavy atom. The van der Waals surface area contributed by atoms with Crippen LogP contribution < -0.4 is 0 Å². The molecule has 0 bridgehead atoms. The molecule has 0 saturated heterocycles. The summed E-state index contributed by atoms with van der Waals surface area (Å²) in [5.74, 6) is -0.0872. The Morgan fingerprint density at radius 2 is 1.20 bits per heavy atom. The van der Waals surface area contributed by atoms with Crippen LogP contribution in [0.25, 0.3) is 0 Å². The lowest BCUT2D eigenvalue weighted by atomic mass is 10.3. The number of aliphatic hydroxyl groups excluding tert-OH is 2. The first kappa shape index (κ1) is 19.6. The van der Waals surface area contributed by atoms with Gasteiger partial charge in [0.15, 0.2) is 0 Å². The van der Waals surface area contributed by atoms with Crippen molar-refractivity contribution in [3.8, 4) is 0 Å². The Bertz CT molecular complexity index is 265. The molecule has 0 aromatic rings. The molecule has 0 aliphatic rings. The van der Waals surface area contributed by atoms with Gasteiger partial charge in [0.2, 0.25) is 11.8 Å². The van der Waals surface area contributed by atoms with Crippen molar-refractivity contribution in [1.82, 2.24) is 8.61 Å². The largest absolute Gasteiger partial charge is 0.396 e. The fourth-order valence-corrected chi connectivity index (χ4v) is 3.67. The number of hydrogen-bond donors (Lipinski definition) is 2. The van der Waals surface area contributed by atoms with Crippen LogP contribution in [0.15, 0.2) is 0 Å². The van der Waals surface area contributed by atoms with Gasteiger partial charge in [0.05, 0.1) is 0 Å². The van der Waals surface area contributed by atoms with E-state index < -0.39 is 0 Å². The summed E-state index contributed by atoms with van der Waals surface area (Å²) in [6.07, 6.45) is 1.52. The van der Waals surface area contributed by atoms with E-state index in [0.717, 1.165) is 0 Å². The number of hydrogen-bond acceptors (Lipinski definition) is 6. The normalized spacial score (nSPS) is 10.4. The smallest absolute Gasteiger partial charge is 0.233 e. The topological polar surface area (TPSA) is 81.1 Å². The van der Waals surface area contributed by atoms with Crippen LogP contribution in [0.4, 0.5) is 0 Å². The van der Waals surface area contributed by atoms with E-state index >= 15 is 0 Å². The molecule has 0 aromatic carbocycles. The van der Waals surface area contributed by atoms with E-state index in [-0.39, 0.29) is 25.0 Å². The van der Waals surface area contributed by atoms with Gasteiger partial charge < -0.3 is 10.2 Å². The van der Waals surface area contributed by atoms with Gasteiger partial charge in [-0.15, -0.1) is 0 Å². The molecule has 0 spiro atoms. The molecule has 0 radical (unpaired) electrons. The van der Waals surface area contributed by atoms with Crippen LogP contribution in [0, 0.1) is 0 Å². The van der Waals surface area contributed by atoms with Crippen molar-refractivity contribution < 1.29 is 19.8 Å². The third-order valence-electron chi connectivity index (χ3n) is 2.44. The Labute approximate surface area is 128 Å². The average molecular weight is 324 g/mol. The highest BCUT2D eigenvalue weighted by Crippen LogP contribution is 2.30. The molecule has 0 aliphatic carbocycles. The summed E-state index contributed by atoms with van der Waals surface area (Å²) in [6.45, 7) is 4.83. The van der Waals surface area contributed by atoms with Crippen molar-refractivity contribution in [1.29, 1.82) is 0 Å². The monoisotopic (exact) mass is 324 g/mol. The molecule has 118 valence electrons. The quantitative estimate of drug-likeness (QED) is 0.442. The fraction of sp³-hybridized carbons (Fsp3) is 0.833. The first-order chi connectivity index (χ1) is 9.60. The summed E-state index contributed by atoms with van der Waals surface area (Å²) in [5, 5.41) is 17.4. The zero-order valence-corrected chi connectivity index (χ0v) is 13.7. The van der Waals surface area contributed by atoms with E-state index in [4.69, 9.17) is 10.2 Å². The molecule has 8 heteroatoms. The Hall–Kier alpha value is -0.440. The van der Waals surface area contributed by atoms with E-state index in [0.29, 0.717) is 38.8 Å². The van der Waals surface area contributed by atoms with Gasteiger partial charge >= 0.3 is 0 Å². The summed E-state index contributed by atoms with van der Waals surface area (Å²) >= 11 is 0. The Kier molecular flexibility index (Phi) is 12.0. The summed E-state index contributed by atoms with van der Waals surface area (Å²) in [6, 6.07) is 0. The molecule has 6 nitrogen and oxygen atoms in total. The first-order valence-electron chi connectivity index (χ1n) is 6.77.